The van der Waals surface area contributed by atoms with Gasteiger partial charge in [0, 0.05) is 0 Å². The molecule has 2 N–H and O–H groups in total. The molecule has 8 heteroatoms. The summed E-state index contributed by atoms with van der Waals surface area (Å²) in [6.07, 6.45) is -4.20. The molecule has 0 aliphatic rings. The molecule has 0 fully saturated rings. The Morgan fingerprint density at radius 2 is 1.76 bits per heavy atom. The van der Waals surface area contributed by atoms with Gasteiger partial charge in [-0.15, -0.1) is 0 Å². The number of ether oxygens (including phenoxy) is 1. The number of hydrogen-bond acceptors (Lipinski definition) is 4. The summed E-state index contributed by atoms with van der Waals surface area (Å²) in [6, 6.07) is 8.92. The van der Waals surface area contributed by atoms with Crippen molar-refractivity contribution < 1.29 is 32.3 Å². The van der Waals surface area contributed by atoms with Crippen LogP contribution >= 0.6 is 0 Å². The number of fused-ring (bicyclic) bond motifs is 1. The Balaban J connectivity index is 2.24. The Morgan fingerprint density at radius 1 is 1.10 bits per heavy atom. The fraction of sp³-hybridized carbons (Fsp3) is 0.286. The van der Waals surface area contributed by atoms with Crippen LogP contribution in [0.3, 0.4) is 0 Å². The molecule has 3 rings (SSSR count). The Morgan fingerprint density at radius 3 is 2.31 bits per heavy atom. The van der Waals surface area contributed by atoms with Gasteiger partial charge in [0.1, 0.15) is 18.0 Å². The lowest BCUT2D eigenvalue weighted by molar-refractivity contribution is -0.872. The zero-order chi connectivity index (χ0) is 21.3. The van der Waals surface area contributed by atoms with E-state index in [-0.39, 0.29) is 34.6 Å². The smallest absolute Gasteiger partial charge is 0.453 e. The number of nitrogens with one attached hydrogen (secondary N) is 1. The average molecular weight is 408 g/mol. The first kappa shape index (κ1) is 20.7. The number of aryl methyl sites for hydroxylation is 1. The van der Waals surface area contributed by atoms with E-state index in [1.54, 1.807) is 26.2 Å². The second-order valence-electron chi connectivity index (χ2n) is 7.01. The van der Waals surface area contributed by atoms with Crippen molar-refractivity contribution in [2.24, 2.45) is 0 Å². The van der Waals surface area contributed by atoms with Crippen LogP contribution in [-0.4, -0.2) is 19.2 Å². The van der Waals surface area contributed by atoms with Gasteiger partial charge in [0.05, 0.1) is 25.0 Å². The Bertz CT molecular complexity index is 1090. The molecule has 0 saturated heterocycles. The zero-order valence-electron chi connectivity index (χ0n) is 16.2. The highest BCUT2D eigenvalue weighted by Crippen LogP contribution is 2.39. The molecule has 154 valence electrons. The molecule has 0 aliphatic carbocycles. The summed E-state index contributed by atoms with van der Waals surface area (Å²) in [5, 5.41) is 10.0. The molecule has 0 atom stereocenters. The van der Waals surface area contributed by atoms with E-state index in [9.17, 15) is 23.1 Å². The van der Waals surface area contributed by atoms with Gasteiger partial charge in [0.15, 0.2) is 5.58 Å². The van der Waals surface area contributed by atoms with E-state index in [1.165, 1.54) is 24.3 Å². The summed E-state index contributed by atoms with van der Waals surface area (Å²) < 4.78 is 51.6. The monoisotopic (exact) mass is 408 g/mol. The van der Waals surface area contributed by atoms with E-state index in [2.05, 4.69) is 0 Å². The van der Waals surface area contributed by atoms with Gasteiger partial charge in [0.25, 0.3) is 5.76 Å². The van der Waals surface area contributed by atoms with Crippen LogP contribution in [0.1, 0.15) is 23.8 Å². The normalized spacial score (nSPS) is 12.0. The second-order valence-corrected chi connectivity index (χ2v) is 7.01. The first-order valence-electron chi connectivity index (χ1n) is 9.06. The fourth-order valence-corrected chi connectivity index (χ4v) is 3.00. The maximum Gasteiger partial charge on any atom is 0.453 e. The third kappa shape index (κ3) is 4.22. The third-order valence-electron chi connectivity index (χ3n) is 4.44. The van der Waals surface area contributed by atoms with Gasteiger partial charge >= 0.3 is 6.18 Å². The average Bonchev–Trinajstić information content (AvgIpc) is 2.65. The van der Waals surface area contributed by atoms with E-state index in [0.717, 1.165) is 16.9 Å². The molecule has 1 aromatic heterocycles. The van der Waals surface area contributed by atoms with Crippen molar-refractivity contribution in [3.05, 3.63) is 63.5 Å². The minimum atomic E-state index is -4.96. The van der Waals surface area contributed by atoms with E-state index in [4.69, 9.17) is 9.15 Å². The number of phenolic OH excluding ortho intramolecular Hbond substituents is 1. The minimum Gasteiger partial charge on any atom is -0.507 e. The molecule has 0 spiro atoms. The van der Waals surface area contributed by atoms with Crippen molar-refractivity contribution in [2.45, 2.75) is 26.1 Å². The van der Waals surface area contributed by atoms with Crippen molar-refractivity contribution in [3.8, 4) is 17.2 Å². The number of benzene rings is 2. The molecule has 3 aromatic rings. The molecule has 5 nitrogen and oxygen atoms in total. The topological polar surface area (TPSA) is 64.1 Å². The second kappa shape index (κ2) is 7.79. The van der Waals surface area contributed by atoms with Gasteiger partial charge in [-0.1, -0.05) is 19.1 Å². The van der Waals surface area contributed by atoms with Gasteiger partial charge in [-0.3, -0.25) is 4.79 Å². The van der Waals surface area contributed by atoms with Gasteiger partial charge < -0.3 is 19.2 Å². The zero-order valence-corrected chi connectivity index (χ0v) is 16.2. The molecule has 0 radical (unpaired) electrons. The van der Waals surface area contributed by atoms with Crippen LogP contribution in [0.4, 0.5) is 13.2 Å². The van der Waals surface area contributed by atoms with Crippen LogP contribution in [-0.2, 0) is 19.1 Å². The predicted octanol–water partition coefficient (Wildman–Crippen LogP) is 3.52. The van der Waals surface area contributed by atoms with E-state index >= 15 is 0 Å². The molecule has 2 aromatic carbocycles. The first-order valence-corrected chi connectivity index (χ1v) is 9.06. The Kier molecular flexibility index (Phi) is 5.57. The van der Waals surface area contributed by atoms with Crippen molar-refractivity contribution in [3.63, 3.8) is 0 Å². The molecule has 29 heavy (non-hydrogen) atoms. The van der Waals surface area contributed by atoms with Crippen LogP contribution in [0.5, 0.6) is 17.2 Å². The number of alkyl halides is 3. The highest BCUT2D eigenvalue weighted by Gasteiger charge is 2.41. The fourth-order valence-electron chi connectivity index (χ4n) is 3.00. The quantitative estimate of drug-likeness (QED) is 0.678. The van der Waals surface area contributed by atoms with E-state index < -0.39 is 23.1 Å². The Labute approximate surface area is 164 Å². The van der Waals surface area contributed by atoms with Crippen LogP contribution in [0.15, 0.2) is 45.6 Å². The molecule has 0 bridgehead atoms. The van der Waals surface area contributed by atoms with Gasteiger partial charge in [-0.2, -0.15) is 13.2 Å². The third-order valence-corrected chi connectivity index (χ3v) is 4.44. The lowest BCUT2D eigenvalue weighted by Crippen LogP contribution is -3.04. The Hall–Kier alpha value is -3.00. The van der Waals surface area contributed by atoms with Crippen LogP contribution in [0.25, 0.3) is 11.0 Å². The lowest BCUT2D eigenvalue weighted by Gasteiger charge is -2.16. The molecule has 1 heterocycles. The summed E-state index contributed by atoms with van der Waals surface area (Å²) in [7, 11) is 3.52. The van der Waals surface area contributed by atoms with Gasteiger partial charge in [-0.25, -0.2) is 0 Å². The number of quaternary nitrogens is 1. The molecule has 0 amide bonds. The number of halogens is 3. The highest BCUT2D eigenvalue weighted by molar-refractivity contribution is 5.83. The summed E-state index contributed by atoms with van der Waals surface area (Å²) in [4.78, 5) is 13.7. The van der Waals surface area contributed by atoms with Gasteiger partial charge in [0.2, 0.25) is 11.2 Å². The summed E-state index contributed by atoms with van der Waals surface area (Å²) >= 11 is 0. The standard InChI is InChI=1S/C21H20F3NO4/c1-4-12-5-7-13(8-6-12)28-19-17(27)14-9-10-16(26)15(11-25(2)3)18(14)29-20(19)21(22,23)24/h5-10,26H,4,11H2,1-3H3/p+1. The predicted molar refractivity (Wildman–Crippen MR) is 102 cm³/mol. The molecule has 0 saturated carbocycles. The molecule has 0 aliphatic heterocycles. The van der Waals surface area contributed by atoms with Crippen molar-refractivity contribution in [1.82, 2.24) is 0 Å². The van der Waals surface area contributed by atoms with E-state index in [1.807, 2.05) is 6.92 Å². The van der Waals surface area contributed by atoms with E-state index in [0.29, 0.717) is 0 Å². The first-order chi connectivity index (χ1) is 13.6. The molecular formula is C21H21F3NO4+. The maximum atomic E-state index is 13.7. The van der Waals surface area contributed by atoms with Crippen LogP contribution in [0, 0.1) is 0 Å². The largest absolute Gasteiger partial charge is 0.507 e. The van der Waals surface area contributed by atoms with Crippen molar-refractivity contribution >= 4 is 11.0 Å². The number of hydrogen-bond donors (Lipinski definition) is 2. The van der Waals surface area contributed by atoms with Gasteiger partial charge in [-0.05, 0) is 36.2 Å². The molecular weight excluding hydrogens is 387 g/mol. The van der Waals surface area contributed by atoms with Crippen molar-refractivity contribution in [1.29, 1.82) is 0 Å². The highest BCUT2D eigenvalue weighted by atomic mass is 19.4. The minimum absolute atomic E-state index is 0.0905. The SMILES string of the molecule is CCc1ccc(Oc2c(C(F)(F)F)oc3c(C[NH+](C)C)c(O)ccc3c2=O)cc1. The van der Waals surface area contributed by atoms with Crippen LogP contribution in [0.2, 0.25) is 0 Å². The summed E-state index contributed by atoms with van der Waals surface area (Å²) in [5.74, 6) is -2.60. The summed E-state index contributed by atoms with van der Waals surface area (Å²) in [6.45, 7) is 2.11. The van der Waals surface area contributed by atoms with Crippen molar-refractivity contribution in [2.75, 3.05) is 14.1 Å². The number of phenols is 1. The van der Waals surface area contributed by atoms with Crippen LogP contribution < -0.4 is 15.1 Å². The number of rotatable bonds is 5. The lowest BCUT2D eigenvalue weighted by atomic mass is 10.1. The maximum absolute atomic E-state index is 13.7. The number of aromatic hydroxyl groups is 1. The summed E-state index contributed by atoms with van der Waals surface area (Å²) in [5.41, 5.74) is -0.139. The molecule has 0 unspecified atom stereocenters.